The van der Waals surface area contributed by atoms with Gasteiger partial charge in [-0.15, -0.1) is 0 Å². The normalized spacial score (nSPS) is 17.8. The maximum absolute atomic E-state index is 2.30. The average molecular weight is 239 g/mol. The molecule has 0 N–H and O–H groups in total. The van der Waals surface area contributed by atoms with E-state index in [4.69, 9.17) is 0 Å². The van der Waals surface area contributed by atoms with E-state index in [2.05, 4.69) is 6.92 Å². The molecule has 0 nitrogen and oxygen atoms in total. The minimum atomic E-state index is 0.151. The van der Waals surface area contributed by atoms with Gasteiger partial charge in [-0.2, -0.15) is 0 Å². The van der Waals surface area contributed by atoms with E-state index in [0.29, 0.717) is 0 Å². The quantitative estimate of drug-likeness (QED) is 0.352. The molecule has 0 atom stereocenters. The molecule has 0 amide bonds. The fourth-order valence-electron chi connectivity index (χ4n) is 2.81. The van der Waals surface area contributed by atoms with Crippen LogP contribution in [0.5, 0.6) is 0 Å². The summed E-state index contributed by atoms with van der Waals surface area (Å²) < 4.78 is 0. The van der Waals surface area contributed by atoms with Crippen LogP contribution < -0.4 is 0 Å². The molecule has 0 aliphatic carbocycles. The summed E-state index contributed by atoms with van der Waals surface area (Å²) in [6.45, 7) is 2.30. The Labute approximate surface area is 105 Å². The van der Waals surface area contributed by atoms with Crippen LogP contribution in [-0.4, -0.2) is 8.80 Å². The first kappa shape index (κ1) is 14.3. The molecule has 1 saturated heterocycles. The summed E-state index contributed by atoms with van der Waals surface area (Å²) in [6, 6.07) is 4.92. The Bertz CT molecular complexity index is 138. The third kappa shape index (κ3) is 7.48. The van der Waals surface area contributed by atoms with Gasteiger partial charge < -0.3 is 0 Å². The Balaban J connectivity index is 1.77. The molecular formula is C15H31Si. The van der Waals surface area contributed by atoms with Gasteiger partial charge in [-0.1, -0.05) is 95.7 Å². The lowest BCUT2D eigenvalue weighted by atomic mass is 10.1. The molecule has 0 spiro atoms. The second kappa shape index (κ2) is 10.4. The van der Waals surface area contributed by atoms with Gasteiger partial charge in [-0.05, 0) is 0 Å². The van der Waals surface area contributed by atoms with Crippen molar-refractivity contribution in [1.29, 1.82) is 0 Å². The highest BCUT2D eigenvalue weighted by atomic mass is 28.3. The Morgan fingerprint density at radius 1 is 0.688 bits per heavy atom. The molecule has 16 heavy (non-hydrogen) atoms. The zero-order valence-corrected chi connectivity index (χ0v) is 12.4. The van der Waals surface area contributed by atoms with Gasteiger partial charge in [0.15, 0.2) is 0 Å². The second-order valence-electron chi connectivity index (χ2n) is 5.54. The lowest BCUT2D eigenvalue weighted by Crippen LogP contribution is -2.15. The zero-order chi connectivity index (χ0) is 11.5. The minimum Gasteiger partial charge on any atom is -0.0654 e. The molecule has 1 aliphatic rings. The molecule has 1 rings (SSSR count). The van der Waals surface area contributed by atoms with Crippen molar-refractivity contribution in [3.63, 3.8) is 0 Å². The standard InChI is InChI=1S/C15H31Si/c1-2-3-4-5-6-7-8-10-13-16-14-11-9-12-15-16/h2-15H2,1H3. The van der Waals surface area contributed by atoms with Crippen molar-refractivity contribution in [3.8, 4) is 0 Å². The summed E-state index contributed by atoms with van der Waals surface area (Å²) in [7, 11) is 0.151. The summed E-state index contributed by atoms with van der Waals surface area (Å²) in [4.78, 5) is 0. The fourth-order valence-corrected chi connectivity index (χ4v) is 5.81. The highest BCUT2D eigenvalue weighted by Crippen LogP contribution is 2.23. The Morgan fingerprint density at radius 2 is 1.25 bits per heavy atom. The van der Waals surface area contributed by atoms with Crippen molar-refractivity contribution in [2.24, 2.45) is 0 Å². The molecule has 1 aliphatic heterocycles. The van der Waals surface area contributed by atoms with E-state index in [1.165, 1.54) is 51.4 Å². The molecule has 0 aromatic heterocycles. The van der Waals surface area contributed by atoms with E-state index in [0.717, 1.165) is 0 Å². The summed E-state index contributed by atoms with van der Waals surface area (Å²) >= 11 is 0. The fraction of sp³-hybridized carbons (Fsp3) is 1.00. The number of hydrogen-bond donors (Lipinski definition) is 0. The first-order valence-electron chi connectivity index (χ1n) is 7.77. The number of hydrogen-bond acceptors (Lipinski definition) is 0. The molecule has 0 bridgehead atoms. The van der Waals surface area contributed by atoms with Gasteiger partial charge in [0.1, 0.15) is 0 Å². The van der Waals surface area contributed by atoms with Gasteiger partial charge >= 0.3 is 0 Å². The van der Waals surface area contributed by atoms with Crippen LogP contribution in [0.3, 0.4) is 0 Å². The Kier molecular flexibility index (Phi) is 9.26. The van der Waals surface area contributed by atoms with E-state index in [1.54, 1.807) is 37.4 Å². The summed E-state index contributed by atoms with van der Waals surface area (Å²) in [6.07, 6.45) is 16.6. The lowest BCUT2D eigenvalue weighted by Gasteiger charge is -2.19. The largest absolute Gasteiger partial charge is 0.0654 e. The Hall–Kier alpha value is 0.217. The predicted octanol–water partition coefficient (Wildman–Crippen LogP) is 5.81. The highest BCUT2D eigenvalue weighted by Gasteiger charge is 2.14. The SMILES string of the molecule is CCCCCCCCCC[Si]1CCCCC1. The van der Waals surface area contributed by atoms with Crippen LogP contribution in [-0.2, 0) is 0 Å². The topological polar surface area (TPSA) is 0 Å². The Morgan fingerprint density at radius 3 is 1.88 bits per heavy atom. The summed E-state index contributed by atoms with van der Waals surface area (Å²) in [5, 5.41) is 0. The summed E-state index contributed by atoms with van der Waals surface area (Å²) in [5.41, 5.74) is 0. The van der Waals surface area contributed by atoms with Crippen molar-refractivity contribution < 1.29 is 0 Å². The van der Waals surface area contributed by atoms with Crippen molar-refractivity contribution in [1.82, 2.24) is 0 Å². The lowest BCUT2D eigenvalue weighted by molar-refractivity contribution is 0.583. The van der Waals surface area contributed by atoms with Crippen LogP contribution in [0.25, 0.3) is 0 Å². The maximum Gasteiger partial charge on any atom is 0.0479 e. The van der Waals surface area contributed by atoms with Gasteiger partial charge in [0.05, 0.1) is 0 Å². The number of unbranched alkanes of at least 4 members (excludes halogenated alkanes) is 7. The van der Waals surface area contributed by atoms with E-state index >= 15 is 0 Å². The molecule has 95 valence electrons. The molecule has 0 unspecified atom stereocenters. The molecule has 0 aromatic rings. The monoisotopic (exact) mass is 239 g/mol. The highest BCUT2D eigenvalue weighted by molar-refractivity contribution is 6.58. The minimum absolute atomic E-state index is 0.151. The van der Waals surface area contributed by atoms with Crippen molar-refractivity contribution in [3.05, 3.63) is 0 Å². The molecule has 1 radical (unpaired) electrons. The first-order valence-corrected chi connectivity index (χ1v) is 9.89. The van der Waals surface area contributed by atoms with E-state index < -0.39 is 0 Å². The van der Waals surface area contributed by atoms with E-state index in [-0.39, 0.29) is 8.80 Å². The van der Waals surface area contributed by atoms with Gasteiger partial charge in [0, 0.05) is 8.80 Å². The summed E-state index contributed by atoms with van der Waals surface area (Å²) in [5.74, 6) is 0. The van der Waals surface area contributed by atoms with Gasteiger partial charge in [-0.3, -0.25) is 0 Å². The van der Waals surface area contributed by atoms with Crippen LogP contribution in [0.15, 0.2) is 0 Å². The zero-order valence-electron chi connectivity index (χ0n) is 11.4. The van der Waals surface area contributed by atoms with E-state index in [1.807, 2.05) is 0 Å². The van der Waals surface area contributed by atoms with Crippen LogP contribution in [0.1, 0.15) is 77.6 Å². The third-order valence-electron chi connectivity index (χ3n) is 3.94. The maximum atomic E-state index is 2.30. The van der Waals surface area contributed by atoms with Gasteiger partial charge in [-0.25, -0.2) is 0 Å². The number of rotatable bonds is 9. The second-order valence-corrected chi connectivity index (χ2v) is 8.54. The van der Waals surface area contributed by atoms with Crippen molar-refractivity contribution in [2.45, 2.75) is 95.7 Å². The van der Waals surface area contributed by atoms with Gasteiger partial charge in [0.2, 0.25) is 0 Å². The third-order valence-corrected chi connectivity index (χ3v) is 7.13. The average Bonchev–Trinajstić information content (AvgIpc) is 2.34. The van der Waals surface area contributed by atoms with Crippen LogP contribution in [0.4, 0.5) is 0 Å². The molecule has 1 fully saturated rings. The molecule has 0 saturated carbocycles. The molecule has 1 heteroatoms. The molecular weight excluding hydrogens is 208 g/mol. The van der Waals surface area contributed by atoms with Crippen LogP contribution >= 0.6 is 0 Å². The van der Waals surface area contributed by atoms with Crippen molar-refractivity contribution in [2.75, 3.05) is 0 Å². The smallest absolute Gasteiger partial charge is 0.0479 e. The predicted molar refractivity (Wildman–Crippen MR) is 76.6 cm³/mol. The molecule has 0 aromatic carbocycles. The van der Waals surface area contributed by atoms with Crippen LogP contribution in [0.2, 0.25) is 18.1 Å². The first-order chi connectivity index (χ1) is 7.93. The van der Waals surface area contributed by atoms with Gasteiger partial charge in [0.25, 0.3) is 0 Å². The van der Waals surface area contributed by atoms with Crippen molar-refractivity contribution >= 4 is 8.80 Å². The molecule has 1 heterocycles. The van der Waals surface area contributed by atoms with Crippen LogP contribution in [0, 0.1) is 0 Å². The van der Waals surface area contributed by atoms with E-state index in [9.17, 15) is 0 Å².